The number of ether oxygens (including phenoxy) is 1. The van der Waals surface area contributed by atoms with Crippen molar-refractivity contribution in [3.05, 3.63) is 41.0 Å². The van der Waals surface area contributed by atoms with Crippen LogP contribution in [0.25, 0.3) is 6.08 Å². The molecule has 4 N–H and O–H groups in total. The predicted octanol–water partition coefficient (Wildman–Crippen LogP) is 2.13. The molecule has 2 aliphatic heterocycles. The molecule has 1 saturated heterocycles. The number of fused-ring (bicyclic) bond motifs is 1. The Morgan fingerprint density at radius 3 is 2.97 bits per heavy atom. The van der Waals surface area contributed by atoms with E-state index >= 15 is 0 Å². The fourth-order valence-corrected chi connectivity index (χ4v) is 4.16. The lowest BCUT2D eigenvalue weighted by atomic mass is 9.85. The van der Waals surface area contributed by atoms with Gasteiger partial charge in [-0.15, -0.1) is 0 Å². The highest BCUT2D eigenvalue weighted by atomic mass is 16.5. The smallest absolute Gasteiger partial charge is 0.532 e. The van der Waals surface area contributed by atoms with Crippen molar-refractivity contribution in [2.45, 2.75) is 31.2 Å². The Kier molecular flexibility index (Phi) is 4.92. The van der Waals surface area contributed by atoms with E-state index < -0.39 is 13.0 Å². The average molecular weight is 419 g/mol. The summed E-state index contributed by atoms with van der Waals surface area (Å²) in [5.41, 5.74) is 8.47. The van der Waals surface area contributed by atoms with Gasteiger partial charge in [0, 0.05) is 24.1 Å². The number of carbonyl (C=O) groups is 1. The molecule has 31 heavy (non-hydrogen) atoms. The summed E-state index contributed by atoms with van der Waals surface area (Å²) < 4.78 is 12.8. The molecule has 3 heterocycles. The highest BCUT2D eigenvalue weighted by Crippen LogP contribution is 2.48. The highest BCUT2D eigenvalue weighted by Gasteiger charge is 2.32. The normalized spacial score (nSPS) is 22.4. The molecule has 1 aromatic heterocycles. The molecule has 10 heteroatoms. The Morgan fingerprint density at radius 1 is 1.39 bits per heavy atom. The van der Waals surface area contributed by atoms with Crippen LogP contribution in [0.3, 0.4) is 0 Å². The minimum absolute atomic E-state index is 0.246. The average Bonchev–Trinajstić information content (AvgIpc) is 3.53. The van der Waals surface area contributed by atoms with Gasteiger partial charge in [-0.3, -0.25) is 9.48 Å². The van der Waals surface area contributed by atoms with Gasteiger partial charge in [-0.25, -0.2) is 0 Å². The van der Waals surface area contributed by atoms with E-state index in [1.807, 2.05) is 18.2 Å². The lowest BCUT2D eigenvalue weighted by Crippen LogP contribution is -2.29. The molecular formula is C21H22BN5O4. The van der Waals surface area contributed by atoms with E-state index in [0.29, 0.717) is 37.1 Å². The number of nitrogens with zero attached hydrogens (tertiary/aromatic N) is 3. The molecule has 0 radical (unpaired) electrons. The molecule has 0 unspecified atom stereocenters. The van der Waals surface area contributed by atoms with Gasteiger partial charge in [-0.1, -0.05) is 6.08 Å². The zero-order chi connectivity index (χ0) is 21.5. The first-order valence-electron chi connectivity index (χ1n) is 10.4. The number of rotatable bonds is 5. The van der Waals surface area contributed by atoms with Crippen molar-refractivity contribution in [1.29, 1.82) is 5.26 Å². The third kappa shape index (κ3) is 3.78. The van der Waals surface area contributed by atoms with Crippen molar-refractivity contribution in [3.63, 3.8) is 0 Å². The molecule has 2 aromatic rings. The van der Waals surface area contributed by atoms with E-state index in [-0.39, 0.29) is 17.5 Å². The third-order valence-corrected chi connectivity index (χ3v) is 5.93. The molecule has 0 spiro atoms. The number of aromatic nitrogens is 2. The number of carbonyl (C=O) groups excluding carboxylic acids is 1. The topological polar surface area (TPSA) is 135 Å². The number of hydrogen-bond donors (Lipinski definition) is 3. The van der Waals surface area contributed by atoms with Gasteiger partial charge < -0.3 is 25.5 Å². The van der Waals surface area contributed by atoms with Crippen LogP contribution in [0.15, 0.2) is 24.3 Å². The van der Waals surface area contributed by atoms with Gasteiger partial charge >= 0.3 is 7.12 Å². The summed E-state index contributed by atoms with van der Waals surface area (Å²) in [6, 6.07) is 5.87. The fourth-order valence-electron chi connectivity index (χ4n) is 4.16. The minimum atomic E-state index is -0.952. The molecule has 1 aliphatic carbocycles. The minimum Gasteiger partial charge on any atom is -0.532 e. The van der Waals surface area contributed by atoms with Crippen LogP contribution in [0.4, 0.5) is 11.5 Å². The Hall–Kier alpha value is -3.29. The van der Waals surface area contributed by atoms with E-state index in [4.69, 9.17) is 15.1 Å². The van der Waals surface area contributed by atoms with Gasteiger partial charge in [-0.2, -0.15) is 10.4 Å². The molecule has 158 valence electrons. The van der Waals surface area contributed by atoms with Crippen molar-refractivity contribution in [2.24, 2.45) is 11.7 Å². The first-order chi connectivity index (χ1) is 15.0. The van der Waals surface area contributed by atoms with Gasteiger partial charge in [0.15, 0.2) is 5.82 Å². The van der Waals surface area contributed by atoms with Gasteiger partial charge in [0.1, 0.15) is 11.3 Å². The zero-order valence-corrected chi connectivity index (χ0v) is 16.8. The van der Waals surface area contributed by atoms with Gasteiger partial charge in [0.05, 0.1) is 24.6 Å². The molecule has 1 amide bonds. The van der Waals surface area contributed by atoms with Gasteiger partial charge in [-0.05, 0) is 48.9 Å². The second-order valence-corrected chi connectivity index (χ2v) is 8.15. The van der Waals surface area contributed by atoms with Crippen molar-refractivity contribution in [1.82, 2.24) is 9.78 Å². The van der Waals surface area contributed by atoms with Crippen molar-refractivity contribution in [2.75, 3.05) is 18.5 Å². The summed E-state index contributed by atoms with van der Waals surface area (Å²) in [6.45, 7) is 0.889. The van der Waals surface area contributed by atoms with Crippen LogP contribution in [0.2, 0.25) is 0 Å². The fraction of sp³-hybridized carbons (Fsp3) is 0.381. The molecule has 5 rings (SSSR count). The summed E-state index contributed by atoms with van der Waals surface area (Å²) >= 11 is 0. The Labute approximate surface area is 179 Å². The lowest BCUT2D eigenvalue weighted by Gasteiger charge is -2.27. The molecule has 0 bridgehead atoms. The number of hydrogen-bond acceptors (Lipinski definition) is 7. The zero-order valence-electron chi connectivity index (χ0n) is 16.8. The van der Waals surface area contributed by atoms with E-state index in [0.717, 1.165) is 29.7 Å². The first kappa shape index (κ1) is 19.7. The van der Waals surface area contributed by atoms with Crippen LogP contribution >= 0.6 is 0 Å². The van der Waals surface area contributed by atoms with E-state index in [1.165, 1.54) is 0 Å². The number of amides is 1. The van der Waals surface area contributed by atoms with Crippen LogP contribution in [0.1, 0.15) is 52.7 Å². The predicted molar refractivity (Wildman–Crippen MR) is 114 cm³/mol. The lowest BCUT2D eigenvalue weighted by molar-refractivity contribution is 0.0342. The second kappa shape index (κ2) is 7.76. The van der Waals surface area contributed by atoms with Crippen LogP contribution in [0, 0.1) is 17.2 Å². The SMILES string of the molecule is N#C[C@@H]1CCOC[C@H]1n1cc(C(N)=O)c(Nc2cc3c(c(C4CC4)c2)OB(O)C=C3)n1. The van der Waals surface area contributed by atoms with Crippen LogP contribution in [-0.4, -0.2) is 41.0 Å². The van der Waals surface area contributed by atoms with Crippen LogP contribution in [-0.2, 0) is 4.74 Å². The monoisotopic (exact) mass is 419 g/mol. The third-order valence-electron chi connectivity index (χ3n) is 5.93. The molecule has 2 atom stereocenters. The number of primary amides is 1. The quantitative estimate of drug-likeness (QED) is 0.632. The summed E-state index contributed by atoms with van der Waals surface area (Å²) in [5.74, 6) is 2.14. The largest absolute Gasteiger partial charge is 0.552 e. The summed E-state index contributed by atoms with van der Waals surface area (Å²) in [7, 11) is -0.952. The maximum atomic E-state index is 12.1. The van der Waals surface area contributed by atoms with E-state index in [2.05, 4.69) is 16.5 Å². The molecule has 9 nitrogen and oxygen atoms in total. The molecular weight excluding hydrogens is 397 g/mol. The number of benzene rings is 1. The Morgan fingerprint density at radius 2 is 2.23 bits per heavy atom. The van der Waals surface area contributed by atoms with Gasteiger partial charge in [0.2, 0.25) is 0 Å². The molecule has 2 fully saturated rings. The number of nitriles is 1. The van der Waals surface area contributed by atoms with E-state index in [1.54, 1.807) is 16.9 Å². The van der Waals surface area contributed by atoms with Crippen LogP contribution in [0.5, 0.6) is 5.75 Å². The maximum Gasteiger partial charge on any atom is 0.552 e. The number of nitrogens with two attached hydrogens (primary N) is 1. The second-order valence-electron chi connectivity index (χ2n) is 8.15. The Bertz CT molecular complexity index is 1100. The molecule has 1 saturated carbocycles. The van der Waals surface area contributed by atoms with Crippen molar-refractivity contribution in [3.8, 4) is 11.8 Å². The summed E-state index contributed by atoms with van der Waals surface area (Å²) in [5, 5.41) is 27.1. The standard InChI is InChI=1S/C21H22BN5O4/c23-9-14-4-6-30-11-18(14)27-10-17(20(24)28)21(26-27)25-15-7-13-3-5-22(29)31-19(13)16(8-15)12-1-2-12/h3,5,7-8,10,12,14,18,29H,1-2,4,6,11H2,(H2,24,28)(H,25,26)/t14-,18+/m0/s1. The maximum absolute atomic E-state index is 12.1. The molecule has 3 aliphatic rings. The molecule has 1 aromatic carbocycles. The number of anilines is 2. The van der Waals surface area contributed by atoms with Crippen molar-refractivity contribution < 1.29 is 19.2 Å². The van der Waals surface area contributed by atoms with Crippen molar-refractivity contribution >= 4 is 30.6 Å². The summed E-state index contributed by atoms with van der Waals surface area (Å²) in [4.78, 5) is 12.1. The highest BCUT2D eigenvalue weighted by molar-refractivity contribution is 6.51. The van der Waals surface area contributed by atoms with Crippen LogP contribution < -0.4 is 15.7 Å². The van der Waals surface area contributed by atoms with E-state index in [9.17, 15) is 15.1 Å². The number of nitrogens with one attached hydrogen (secondary N) is 1. The van der Waals surface area contributed by atoms with Gasteiger partial charge in [0.25, 0.3) is 5.91 Å². The Balaban J connectivity index is 1.50. The summed E-state index contributed by atoms with van der Waals surface area (Å²) in [6.07, 6.45) is 6.15. The first-order valence-corrected chi connectivity index (χ1v) is 10.4.